The summed E-state index contributed by atoms with van der Waals surface area (Å²) in [5.41, 5.74) is 1.47. The minimum absolute atomic E-state index is 0.0250. The molecule has 0 aliphatic carbocycles. The molecule has 1 aliphatic heterocycles. The highest BCUT2D eigenvalue weighted by Gasteiger charge is 2.24. The van der Waals surface area contributed by atoms with E-state index < -0.39 is 0 Å². The summed E-state index contributed by atoms with van der Waals surface area (Å²) in [7, 11) is 0. The molecule has 1 saturated heterocycles. The molecule has 0 radical (unpaired) electrons. The SMILES string of the molecule is CCCCOc1cccc(C(=O)N2CCN(c3nc4ccc(F)cc4s3)CC2)c1. The van der Waals surface area contributed by atoms with Crippen LogP contribution in [0.1, 0.15) is 30.1 Å². The van der Waals surface area contributed by atoms with Gasteiger partial charge in [0.15, 0.2) is 5.13 Å². The van der Waals surface area contributed by atoms with Crippen LogP contribution in [0.15, 0.2) is 42.5 Å². The van der Waals surface area contributed by atoms with E-state index >= 15 is 0 Å². The first kappa shape index (κ1) is 19.6. The largest absolute Gasteiger partial charge is 0.494 e. The zero-order valence-corrected chi connectivity index (χ0v) is 17.3. The fraction of sp³-hybridized carbons (Fsp3) is 0.364. The number of benzene rings is 2. The molecule has 5 nitrogen and oxygen atoms in total. The lowest BCUT2D eigenvalue weighted by atomic mass is 10.1. The van der Waals surface area contributed by atoms with E-state index in [1.165, 1.54) is 23.5 Å². The Bertz CT molecular complexity index is 999. The number of halogens is 1. The van der Waals surface area contributed by atoms with E-state index in [-0.39, 0.29) is 11.7 Å². The number of hydrogen-bond acceptors (Lipinski definition) is 5. The summed E-state index contributed by atoms with van der Waals surface area (Å²) in [5.74, 6) is 0.519. The summed E-state index contributed by atoms with van der Waals surface area (Å²) >= 11 is 1.49. The summed E-state index contributed by atoms with van der Waals surface area (Å²) in [6.07, 6.45) is 2.07. The van der Waals surface area contributed by atoms with E-state index in [4.69, 9.17) is 4.74 Å². The summed E-state index contributed by atoms with van der Waals surface area (Å²) < 4.78 is 20.0. The number of carbonyl (C=O) groups excluding carboxylic acids is 1. The lowest BCUT2D eigenvalue weighted by molar-refractivity contribution is 0.0746. The van der Waals surface area contributed by atoms with Crippen molar-refractivity contribution >= 4 is 32.6 Å². The molecule has 1 fully saturated rings. The molecule has 0 bridgehead atoms. The van der Waals surface area contributed by atoms with Crippen LogP contribution in [0.25, 0.3) is 10.2 Å². The third-order valence-corrected chi connectivity index (χ3v) is 6.10. The Morgan fingerprint density at radius 3 is 2.79 bits per heavy atom. The van der Waals surface area contributed by atoms with Crippen LogP contribution in [-0.2, 0) is 0 Å². The molecule has 1 aliphatic rings. The first-order valence-corrected chi connectivity index (χ1v) is 10.8. The number of amides is 1. The van der Waals surface area contributed by atoms with Crippen molar-refractivity contribution in [3.05, 3.63) is 53.8 Å². The van der Waals surface area contributed by atoms with Gasteiger partial charge in [-0.3, -0.25) is 4.79 Å². The smallest absolute Gasteiger partial charge is 0.254 e. The Balaban J connectivity index is 1.38. The average Bonchev–Trinajstić information content (AvgIpc) is 3.17. The number of carbonyl (C=O) groups is 1. The molecular formula is C22H24FN3O2S. The second-order valence-electron chi connectivity index (χ2n) is 7.12. The Morgan fingerprint density at radius 1 is 1.17 bits per heavy atom. The average molecular weight is 414 g/mol. The van der Waals surface area contributed by atoms with Crippen molar-refractivity contribution < 1.29 is 13.9 Å². The molecule has 7 heteroatoms. The second kappa shape index (κ2) is 8.78. The van der Waals surface area contributed by atoms with Gasteiger partial charge in [0.1, 0.15) is 11.6 Å². The van der Waals surface area contributed by atoms with Gasteiger partial charge >= 0.3 is 0 Å². The molecule has 1 amide bonds. The quantitative estimate of drug-likeness (QED) is 0.555. The van der Waals surface area contributed by atoms with Gasteiger partial charge < -0.3 is 14.5 Å². The normalized spacial score (nSPS) is 14.4. The number of unbranched alkanes of at least 4 members (excludes halogenated alkanes) is 1. The van der Waals surface area contributed by atoms with Crippen molar-refractivity contribution in [1.29, 1.82) is 0 Å². The van der Waals surface area contributed by atoms with Crippen molar-refractivity contribution in [2.24, 2.45) is 0 Å². The van der Waals surface area contributed by atoms with Crippen molar-refractivity contribution in [2.45, 2.75) is 19.8 Å². The predicted octanol–water partition coefficient (Wildman–Crippen LogP) is 4.58. The van der Waals surface area contributed by atoms with Crippen LogP contribution in [0.5, 0.6) is 5.75 Å². The fourth-order valence-electron chi connectivity index (χ4n) is 3.36. The Kier molecular flexibility index (Phi) is 5.94. The summed E-state index contributed by atoms with van der Waals surface area (Å²) in [5, 5.41) is 0.879. The van der Waals surface area contributed by atoms with Crippen LogP contribution < -0.4 is 9.64 Å². The summed E-state index contributed by atoms with van der Waals surface area (Å²) in [6, 6.07) is 12.1. The first-order chi connectivity index (χ1) is 14.1. The van der Waals surface area contributed by atoms with Crippen LogP contribution >= 0.6 is 11.3 Å². The second-order valence-corrected chi connectivity index (χ2v) is 8.13. The number of nitrogens with zero attached hydrogens (tertiary/aromatic N) is 3. The highest BCUT2D eigenvalue weighted by atomic mass is 32.1. The number of anilines is 1. The van der Waals surface area contributed by atoms with E-state index in [0.717, 1.165) is 33.9 Å². The fourth-order valence-corrected chi connectivity index (χ4v) is 4.40. The van der Waals surface area contributed by atoms with Gasteiger partial charge in [-0.15, -0.1) is 0 Å². The predicted molar refractivity (Wildman–Crippen MR) is 115 cm³/mol. The van der Waals surface area contributed by atoms with Gasteiger partial charge in [0, 0.05) is 31.7 Å². The van der Waals surface area contributed by atoms with Gasteiger partial charge in [-0.25, -0.2) is 9.37 Å². The zero-order valence-electron chi connectivity index (χ0n) is 16.4. The van der Waals surface area contributed by atoms with Gasteiger partial charge in [0.25, 0.3) is 5.91 Å². The lowest BCUT2D eigenvalue weighted by Gasteiger charge is -2.34. The Hall–Kier alpha value is -2.67. The number of aromatic nitrogens is 1. The van der Waals surface area contributed by atoms with Crippen molar-refractivity contribution in [1.82, 2.24) is 9.88 Å². The highest BCUT2D eigenvalue weighted by molar-refractivity contribution is 7.22. The van der Waals surface area contributed by atoms with E-state index in [1.54, 1.807) is 6.07 Å². The van der Waals surface area contributed by atoms with Crippen molar-refractivity contribution in [2.75, 3.05) is 37.7 Å². The summed E-state index contributed by atoms with van der Waals surface area (Å²) in [6.45, 7) is 5.46. The monoisotopic (exact) mass is 413 g/mol. The molecule has 2 aromatic carbocycles. The van der Waals surface area contributed by atoms with Crippen molar-refractivity contribution in [3.8, 4) is 5.75 Å². The van der Waals surface area contributed by atoms with Crippen LogP contribution in [0.4, 0.5) is 9.52 Å². The maximum absolute atomic E-state index is 13.4. The number of ether oxygens (including phenoxy) is 1. The maximum atomic E-state index is 13.4. The van der Waals surface area contributed by atoms with Crippen LogP contribution in [-0.4, -0.2) is 48.6 Å². The van der Waals surface area contributed by atoms with Gasteiger partial charge in [-0.1, -0.05) is 30.7 Å². The number of rotatable bonds is 6. The first-order valence-electron chi connectivity index (χ1n) is 9.97. The summed E-state index contributed by atoms with van der Waals surface area (Å²) in [4.78, 5) is 21.5. The van der Waals surface area contributed by atoms with Crippen LogP contribution in [0, 0.1) is 5.82 Å². The molecule has 4 rings (SSSR count). The van der Waals surface area contributed by atoms with E-state index in [0.29, 0.717) is 38.3 Å². The number of piperazine rings is 1. The van der Waals surface area contributed by atoms with Gasteiger partial charge in [0.05, 0.1) is 16.8 Å². The molecule has 0 N–H and O–H groups in total. The third-order valence-electron chi connectivity index (χ3n) is 5.02. The Labute approximate surface area is 173 Å². The number of thiazole rings is 1. The number of hydrogen-bond donors (Lipinski definition) is 0. The van der Waals surface area contributed by atoms with E-state index in [9.17, 15) is 9.18 Å². The third kappa shape index (κ3) is 4.50. The van der Waals surface area contributed by atoms with Gasteiger partial charge in [-0.05, 0) is 42.8 Å². The minimum Gasteiger partial charge on any atom is -0.494 e. The van der Waals surface area contributed by atoms with E-state index in [2.05, 4.69) is 16.8 Å². The maximum Gasteiger partial charge on any atom is 0.254 e. The zero-order chi connectivity index (χ0) is 20.2. The molecule has 0 saturated carbocycles. The minimum atomic E-state index is -0.246. The standard InChI is InChI=1S/C22H24FN3O2S/c1-2-3-13-28-18-6-4-5-16(14-18)21(27)25-9-11-26(12-10-25)22-24-19-8-7-17(23)15-20(19)29-22/h4-8,14-15H,2-3,9-13H2,1H3. The molecule has 0 spiro atoms. The highest BCUT2D eigenvalue weighted by Crippen LogP contribution is 2.30. The number of fused-ring (bicyclic) bond motifs is 1. The molecule has 1 aromatic heterocycles. The van der Waals surface area contributed by atoms with Crippen LogP contribution in [0.3, 0.4) is 0 Å². The molecule has 29 heavy (non-hydrogen) atoms. The molecule has 0 unspecified atom stereocenters. The lowest BCUT2D eigenvalue weighted by Crippen LogP contribution is -2.48. The molecule has 3 aromatic rings. The van der Waals surface area contributed by atoms with Crippen LogP contribution in [0.2, 0.25) is 0 Å². The van der Waals surface area contributed by atoms with E-state index in [1.807, 2.05) is 29.2 Å². The van der Waals surface area contributed by atoms with Gasteiger partial charge in [0.2, 0.25) is 0 Å². The topological polar surface area (TPSA) is 45.7 Å². The van der Waals surface area contributed by atoms with Crippen molar-refractivity contribution in [3.63, 3.8) is 0 Å². The molecule has 152 valence electrons. The molecular weight excluding hydrogens is 389 g/mol. The molecule has 0 atom stereocenters. The Morgan fingerprint density at radius 2 is 2.00 bits per heavy atom. The molecule has 2 heterocycles. The van der Waals surface area contributed by atoms with Gasteiger partial charge in [-0.2, -0.15) is 0 Å².